The highest BCUT2D eigenvalue weighted by atomic mass is 16.2. The van der Waals surface area contributed by atoms with Gasteiger partial charge >= 0.3 is 0 Å². The molecular weight excluding hydrogens is 272 g/mol. The van der Waals surface area contributed by atoms with E-state index in [4.69, 9.17) is 5.84 Å². The van der Waals surface area contributed by atoms with Crippen LogP contribution in [0, 0.1) is 0 Å². The van der Waals surface area contributed by atoms with E-state index in [0.717, 1.165) is 5.01 Å². The van der Waals surface area contributed by atoms with Crippen LogP contribution in [0.1, 0.15) is 20.7 Å². The van der Waals surface area contributed by atoms with Crippen LogP contribution >= 0.6 is 0 Å². The van der Waals surface area contributed by atoms with Crippen molar-refractivity contribution in [1.82, 2.24) is 25.8 Å². The molecule has 0 atom stereocenters. The van der Waals surface area contributed by atoms with Gasteiger partial charge in [-0.15, -0.1) is 0 Å². The van der Waals surface area contributed by atoms with Gasteiger partial charge in [0.05, 0.1) is 0 Å². The van der Waals surface area contributed by atoms with Crippen LogP contribution in [0.5, 0.6) is 0 Å². The Kier molecular flexibility index (Phi) is 4.91. The van der Waals surface area contributed by atoms with E-state index in [0.29, 0.717) is 11.1 Å². The molecule has 0 bridgehead atoms. The van der Waals surface area contributed by atoms with E-state index in [9.17, 15) is 9.59 Å². The Morgan fingerprint density at radius 2 is 1.52 bits per heavy atom. The topological polar surface area (TPSA) is 113 Å². The van der Waals surface area contributed by atoms with E-state index in [-0.39, 0.29) is 18.5 Å². The van der Waals surface area contributed by atoms with Crippen LogP contribution in [-0.4, -0.2) is 33.5 Å². The van der Waals surface area contributed by atoms with E-state index in [1.165, 1.54) is 24.8 Å². The highest BCUT2D eigenvalue weighted by Gasteiger charge is 2.12. The highest BCUT2D eigenvalue weighted by Crippen LogP contribution is 1.99. The van der Waals surface area contributed by atoms with Crippen molar-refractivity contribution in [2.75, 3.05) is 6.67 Å². The maximum atomic E-state index is 11.9. The first-order valence-corrected chi connectivity index (χ1v) is 6.08. The molecule has 0 aliphatic rings. The molecule has 0 aliphatic heterocycles. The van der Waals surface area contributed by atoms with Crippen LogP contribution in [0.4, 0.5) is 0 Å². The highest BCUT2D eigenvalue weighted by molar-refractivity contribution is 5.94. The first kappa shape index (κ1) is 14.6. The molecule has 0 spiro atoms. The smallest absolute Gasteiger partial charge is 0.269 e. The number of amides is 2. The number of nitrogens with one attached hydrogen (secondary N) is 2. The van der Waals surface area contributed by atoms with Gasteiger partial charge in [0.25, 0.3) is 11.8 Å². The third-order valence-corrected chi connectivity index (χ3v) is 2.58. The summed E-state index contributed by atoms with van der Waals surface area (Å²) in [5.41, 5.74) is 5.87. The summed E-state index contributed by atoms with van der Waals surface area (Å²) in [4.78, 5) is 31.2. The minimum absolute atomic E-state index is 0.0437. The second kappa shape index (κ2) is 7.08. The van der Waals surface area contributed by atoms with Gasteiger partial charge in [-0.1, -0.05) is 0 Å². The molecule has 0 unspecified atom stereocenters. The molecular formula is C13H14N6O2. The molecule has 2 heterocycles. The second-order valence-corrected chi connectivity index (χ2v) is 4.04. The predicted octanol–water partition coefficient (Wildman–Crippen LogP) is -0.315. The lowest BCUT2D eigenvalue weighted by atomic mass is 10.2. The summed E-state index contributed by atoms with van der Waals surface area (Å²) < 4.78 is 0. The van der Waals surface area contributed by atoms with Crippen molar-refractivity contribution in [3.05, 3.63) is 60.2 Å². The SMILES string of the molecule is NN(CNNC(=O)c1ccncc1)C(=O)c1ccncc1. The molecule has 0 saturated carbocycles. The van der Waals surface area contributed by atoms with E-state index in [2.05, 4.69) is 20.8 Å². The van der Waals surface area contributed by atoms with Crippen molar-refractivity contribution >= 4 is 11.8 Å². The van der Waals surface area contributed by atoms with Crippen molar-refractivity contribution in [2.24, 2.45) is 5.84 Å². The van der Waals surface area contributed by atoms with Crippen LogP contribution in [-0.2, 0) is 0 Å². The van der Waals surface area contributed by atoms with Crippen molar-refractivity contribution in [2.45, 2.75) is 0 Å². The number of carbonyl (C=O) groups excluding carboxylic acids is 2. The van der Waals surface area contributed by atoms with Crippen molar-refractivity contribution < 1.29 is 9.59 Å². The van der Waals surface area contributed by atoms with Crippen molar-refractivity contribution in [3.63, 3.8) is 0 Å². The largest absolute Gasteiger partial charge is 0.286 e. The molecule has 2 aromatic rings. The van der Waals surface area contributed by atoms with Crippen molar-refractivity contribution in [3.8, 4) is 0 Å². The summed E-state index contributed by atoms with van der Waals surface area (Å²) in [7, 11) is 0. The fourth-order valence-corrected chi connectivity index (χ4v) is 1.51. The van der Waals surface area contributed by atoms with Crippen LogP contribution in [0.3, 0.4) is 0 Å². The number of nitrogens with zero attached hydrogens (tertiary/aromatic N) is 3. The zero-order chi connectivity index (χ0) is 15.1. The lowest BCUT2D eigenvalue weighted by molar-refractivity contribution is 0.0718. The number of carbonyl (C=O) groups is 2. The van der Waals surface area contributed by atoms with Gasteiger partial charge in [0, 0.05) is 35.9 Å². The fraction of sp³-hybridized carbons (Fsp3) is 0.0769. The maximum Gasteiger partial charge on any atom is 0.269 e. The molecule has 0 radical (unpaired) electrons. The summed E-state index contributed by atoms with van der Waals surface area (Å²) in [5.74, 6) is 4.88. The van der Waals surface area contributed by atoms with E-state index in [1.54, 1.807) is 24.3 Å². The van der Waals surface area contributed by atoms with Gasteiger partial charge in [-0.05, 0) is 24.3 Å². The Labute approximate surface area is 120 Å². The molecule has 0 aliphatic carbocycles. The first-order chi connectivity index (χ1) is 10.2. The number of pyridine rings is 2. The summed E-state index contributed by atoms with van der Waals surface area (Å²) >= 11 is 0. The zero-order valence-electron chi connectivity index (χ0n) is 11.1. The standard InChI is InChI=1S/C13H14N6O2/c14-19(13(21)11-3-7-16-8-4-11)9-17-18-12(20)10-1-5-15-6-2-10/h1-8,17H,9,14H2,(H,18,20). The first-order valence-electron chi connectivity index (χ1n) is 6.08. The van der Waals surface area contributed by atoms with Crippen LogP contribution in [0.2, 0.25) is 0 Å². The fourth-order valence-electron chi connectivity index (χ4n) is 1.51. The Hall–Kier alpha value is -2.84. The molecule has 2 amide bonds. The summed E-state index contributed by atoms with van der Waals surface area (Å²) in [6.07, 6.45) is 6.02. The number of hydrogen-bond acceptors (Lipinski definition) is 6. The molecule has 0 saturated heterocycles. The molecule has 0 fully saturated rings. The number of rotatable bonds is 5. The van der Waals surface area contributed by atoms with Crippen LogP contribution < -0.4 is 16.7 Å². The van der Waals surface area contributed by atoms with Gasteiger partial charge in [-0.3, -0.25) is 30.0 Å². The number of aromatic nitrogens is 2. The molecule has 4 N–H and O–H groups in total. The summed E-state index contributed by atoms with van der Waals surface area (Å²) in [6.45, 7) is -0.0437. The molecule has 108 valence electrons. The van der Waals surface area contributed by atoms with E-state index < -0.39 is 0 Å². The molecule has 8 heteroatoms. The third-order valence-electron chi connectivity index (χ3n) is 2.58. The summed E-state index contributed by atoms with van der Waals surface area (Å²) in [5, 5.41) is 0.947. The maximum absolute atomic E-state index is 11.9. The minimum Gasteiger partial charge on any atom is -0.286 e. The Morgan fingerprint density at radius 1 is 1.00 bits per heavy atom. The molecule has 21 heavy (non-hydrogen) atoms. The molecule has 8 nitrogen and oxygen atoms in total. The van der Waals surface area contributed by atoms with Crippen LogP contribution in [0.25, 0.3) is 0 Å². The van der Waals surface area contributed by atoms with Gasteiger partial charge in [0.2, 0.25) is 0 Å². The van der Waals surface area contributed by atoms with E-state index in [1.807, 2.05) is 0 Å². The average molecular weight is 286 g/mol. The van der Waals surface area contributed by atoms with Gasteiger partial charge < -0.3 is 0 Å². The number of hydrazine groups is 2. The Bertz CT molecular complexity index is 605. The van der Waals surface area contributed by atoms with Gasteiger partial charge in [0.1, 0.15) is 6.67 Å². The second-order valence-electron chi connectivity index (χ2n) is 4.04. The summed E-state index contributed by atoms with van der Waals surface area (Å²) in [6, 6.07) is 6.24. The monoisotopic (exact) mass is 286 g/mol. The van der Waals surface area contributed by atoms with Crippen molar-refractivity contribution in [1.29, 1.82) is 0 Å². The average Bonchev–Trinajstić information content (AvgIpc) is 2.55. The van der Waals surface area contributed by atoms with Gasteiger partial charge in [-0.25, -0.2) is 11.3 Å². The van der Waals surface area contributed by atoms with Gasteiger partial charge in [0.15, 0.2) is 0 Å². The van der Waals surface area contributed by atoms with E-state index >= 15 is 0 Å². The molecule has 2 aromatic heterocycles. The van der Waals surface area contributed by atoms with Gasteiger partial charge in [-0.2, -0.15) is 0 Å². The quantitative estimate of drug-likeness (QED) is 0.300. The lowest BCUT2D eigenvalue weighted by Gasteiger charge is -2.17. The zero-order valence-corrected chi connectivity index (χ0v) is 11.1. The minimum atomic E-state index is -0.386. The molecule has 2 rings (SSSR count). The Morgan fingerprint density at radius 3 is 2.10 bits per heavy atom. The predicted molar refractivity (Wildman–Crippen MR) is 74.3 cm³/mol. The van der Waals surface area contributed by atoms with Crippen LogP contribution in [0.15, 0.2) is 49.1 Å². The third kappa shape index (κ3) is 4.06. The number of hydrogen-bond donors (Lipinski definition) is 3. The lowest BCUT2D eigenvalue weighted by Crippen LogP contribution is -2.49. The normalized spacial score (nSPS) is 9.95. The Balaban J connectivity index is 1.81. The number of nitrogens with two attached hydrogens (primary N) is 1. The molecule has 0 aromatic carbocycles.